The fourth-order valence-corrected chi connectivity index (χ4v) is 4.45. The van der Waals surface area contributed by atoms with E-state index in [9.17, 15) is 4.79 Å². The van der Waals surface area contributed by atoms with Crippen LogP contribution in [-0.4, -0.2) is 37.1 Å². The Labute approximate surface area is 229 Å². The molecule has 0 bridgehead atoms. The number of para-hydroxylation sites is 1. The van der Waals surface area contributed by atoms with Gasteiger partial charge in [-0.25, -0.2) is 4.79 Å². The Morgan fingerprint density at radius 1 is 0.763 bits per heavy atom. The number of hydrogen-bond acceptors (Lipinski definition) is 5. The lowest BCUT2D eigenvalue weighted by Gasteiger charge is -2.12. The monoisotopic (exact) mass is 525 g/mol. The molecule has 2 aromatic rings. The highest BCUT2D eigenvalue weighted by Gasteiger charge is 2.14. The summed E-state index contributed by atoms with van der Waals surface area (Å²) in [5.74, 6) is 0.345. The second kappa shape index (κ2) is 20.0. The van der Waals surface area contributed by atoms with Gasteiger partial charge in [0.05, 0.1) is 13.7 Å². The lowest BCUT2D eigenvalue weighted by Crippen LogP contribution is -2.09. The third kappa shape index (κ3) is 13.0. The van der Waals surface area contributed by atoms with Crippen LogP contribution in [0.3, 0.4) is 0 Å². The van der Waals surface area contributed by atoms with Gasteiger partial charge in [-0.05, 0) is 42.8 Å². The van der Waals surface area contributed by atoms with Gasteiger partial charge in [0.1, 0.15) is 17.2 Å². The van der Waals surface area contributed by atoms with Gasteiger partial charge >= 0.3 is 5.97 Å². The van der Waals surface area contributed by atoms with Gasteiger partial charge in [0.25, 0.3) is 0 Å². The fraction of sp³-hybridized carbons (Fsp3) is 0.562. The van der Waals surface area contributed by atoms with E-state index >= 15 is 0 Å². The predicted octanol–water partition coefficient (Wildman–Crippen LogP) is 8.41. The Morgan fingerprint density at radius 3 is 1.87 bits per heavy atom. The zero-order valence-corrected chi connectivity index (χ0v) is 23.5. The van der Waals surface area contributed by atoms with Crippen LogP contribution >= 0.6 is 0 Å². The lowest BCUT2D eigenvalue weighted by atomic mass is 10.0. The van der Waals surface area contributed by atoms with Gasteiger partial charge in [-0.15, -0.1) is 0 Å². The van der Waals surface area contributed by atoms with E-state index in [1.807, 2.05) is 48.5 Å². The largest absolute Gasteiger partial charge is 0.496 e. The third-order valence-corrected chi connectivity index (χ3v) is 6.60. The van der Waals surface area contributed by atoms with Crippen molar-refractivity contribution in [3.05, 3.63) is 59.7 Å². The Bertz CT molecular complexity index is 926. The number of unbranched alkanes of at least 4 members (excludes halogenated alkanes) is 13. The molecule has 0 heterocycles. The fourth-order valence-electron chi connectivity index (χ4n) is 4.45. The summed E-state index contributed by atoms with van der Waals surface area (Å²) in [5.41, 5.74) is 2.00. The first-order valence-electron chi connectivity index (χ1n) is 14.4. The highest BCUT2D eigenvalue weighted by molar-refractivity contribution is 6.14. The number of ether oxygens (including phenoxy) is 2. The number of benzene rings is 2. The first-order chi connectivity index (χ1) is 18.7. The Kier molecular flexibility index (Phi) is 16.4. The molecule has 2 rings (SSSR count). The van der Waals surface area contributed by atoms with Crippen LogP contribution in [0.4, 0.5) is 0 Å². The van der Waals surface area contributed by atoms with E-state index in [1.165, 1.54) is 83.5 Å². The maximum Gasteiger partial charge on any atom is 0.344 e. The van der Waals surface area contributed by atoms with Crippen molar-refractivity contribution < 1.29 is 24.2 Å². The summed E-state index contributed by atoms with van der Waals surface area (Å²) in [5, 5.41) is 13.0. The maximum atomic E-state index is 10.9. The smallest absolute Gasteiger partial charge is 0.344 e. The van der Waals surface area contributed by atoms with E-state index in [0.29, 0.717) is 18.1 Å². The molecule has 0 atom stereocenters. The standard InChI is InChI=1S/C32H47NO5/c1-3-4-5-6-7-8-9-10-11-12-13-14-15-18-25-37-28-23-21-27(22-24-28)32(33-38-26-31(34)35)29-19-16-17-20-30(29)36-2/h16-17,19-24H,3-15,18,25-26H2,1-2H3,(H,34,35). The van der Waals surface area contributed by atoms with E-state index < -0.39 is 12.6 Å². The van der Waals surface area contributed by atoms with Gasteiger partial charge in [0.2, 0.25) is 6.61 Å². The second-order valence-electron chi connectivity index (χ2n) is 9.78. The molecule has 0 aliphatic rings. The Balaban J connectivity index is 1.67. The highest BCUT2D eigenvalue weighted by Crippen LogP contribution is 2.24. The average Bonchev–Trinajstić information content (AvgIpc) is 2.93. The first kappa shape index (κ1) is 31.2. The van der Waals surface area contributed by atoms with Crippen molar-refractivity contribution >= 4 is 11.7 Å². The number of rotatable bonds is 22. The van der Waals surface area contributed by atoms with E-state index in [1.54, 1.807) is 7.11 Å². The lowest BCUT2D eigenvalue weighted by molar-refractivity contribution is -0.142. The minimum atomic E-state index is -1.08. The van der Waals surface area contributed by atoms with Crippen LogP contribution in [0.2, 0.25) is 0 Å². The molecule has 1 N–H and O–H groups in total. The summed E-state index contributed by atoms with van der Waals surface area (Å²) in [6.45, 7) is 2.46. The summed E-state index contributed by atoms with van der Waals surface area (Å²) in [6, 6.07) is 15.0. The van der Waals surface area contributed by atoms with Crippen LogP contribution in [0, 0.1) is 0 Å². The van der Waals surface area contributed by atoms with E-state index in [0.717, 1.165) is 23.3 Å². The molecule has 38 heavy (non-hydrogen) atoms. The van der Waals surface area contributed by atoms with Gasteiger partial charge in [-0.1, -0.05) is 108 Å². The molecule has 6 heteroatoms. The van der Waals surface area contributed by atoms with Crippen molar-refractivity contribution in [2.24, 2.45) is 5.16 Å². The van der Waals surface area contributed by atoms with Crippen molar-refractivity contribution in [3.63, 3.8) is 0 Å². The third-order valence-electron chi connectivity index (χ3n) is 6.60. The second-order valence-corrected chi connectivity index (χ2v) is 9.78. The zero-order valence-electron chi connectivity index (χ0n) is 23.5. The number of aliphatic carboxylic acids is 1. The summed E-state index contributed by atoms with van der Waals surface area (Å²) in [4.78, 5) is 15.9. The first-order valence-corrected chi connectivity index (χ1v) is 14.4. The van der Waals surface area contributed by atoms with Crippen LogP contribution in [0.5, 0.6) is 11.5 Å². The topological polar surface area (TPSA) is 77.4 Å². The number of carboxylic acid groups (broad SMARTS) is 1. The molecule has 0 aromatic heterocycles. The molecular weight excluding hydrogens is 478 g/mol. The molecular formula is C32H47NO5. The highest BCUT2D eigenvalue weighted by atomic mass is 16.6. The quantitative estimate of drug-likeness (QED) is 0.0948. The number of nitrogens with zero attached hydrogens (tertiary/aromatic N) is 1. The zero-order chi connectivity index (χ0) is 27.3. The average molecular weight is 526 g/mol. The molecule has 0 fully saturated rings. The SMILES string of the molecule is CCCCCCCCCCCCCCCCOc1ccc(C(=NOCC(=O)O)c2ccccc2OC)cc1. The normalized spacial score (nSPS) is 11.4. The molecule has 0 amide bonds. The molecule has 0 unspecified atom stereocenters. The van der Waals surface area contributed by atoms with Crippen molar-refractivity contribution in [1.29, 1.82) is 0 Å². The predicted molar refractivity (Wildman–Crippen MR) is 154 cm³/mol. The summed E-state index contributed by atoms with van der Waals surface area (Å²) in [6.07, 6.45) is 18.7. The van der Waals surface area contributed by atoms with Crippen LogP contribution in [0.1, 0.15) is 108 Å². The van der Waals surface area contributed by atoms with Crippen LogP contribution in [0.15, 0.2) is 53.7 Å². The molecule has 0 aliphatic carbocycles. The van der Waals surface area contributed by atoms with Crippen molar-refractivity contribution in [3.8, 4) is 11.5 Å². The van der Waals surface area contributed by atoms with Crippen LogP contribution in [0.25, 0.3) is 0 Å². The Hall–Kier alpha value is -3.02. The molecule has 0 saturated carbocycles. The number of carboxylic acids is 1. The van der Waals surface area contributed by atoms with Gasteiger partial charge in [0, 0.05) is 11.1 Å². The van der Waals surface area contributed by atoms with Crippen LogP contribution in [-0.2, 0) is 9.63 Å². The molecule has 2 aromatic carbocycles. The maximum absolute atomic E-state index is 10.9. The van der Waals surface area contributed by atoms with Crippen molar-refractivity contribution in [2.45, 2.75) is 96.8 Å². The molecule has 6 nitrogen and oxygen atoms in total. The summed E-state index contributed by atoms with van der Waals surface area (Å²) < 4.78 is 11.4. The molecule has 0 saturated heterocycles. The minimum absolute atomic E-state index is 0.502. The van der Waals surface area contributed by atoms with Crippen LogP contribution < -0.4 is 9.47 Å². The molecule has 0 aliphatic heterocycles. The minimum Gasteiger partial charge on any atom is -0.496 e. The molecule has 210 valence electrons. The molecule has 0 radical (unpaired) electrons. The summed E-state index contributed by atoms with van der Waals surface area (Å²) in [7, 11) is 1.59. The Morgan fingerprint density at radius 2 is 1.32 bits per heavy atom. The van der Waals surface area contributed by atoms with Gasteiger partial charge in [0.15, 0.2) is 0 Å². The van der Waals surface area contributed by atoms with E-state index in [4.69, 9.17) is 19.4 Å². The number of oxime groups is 1. The van der Waals surface area contributed by atoms with Gasteiger partial charge < -0.3 is 19.4 Å². The van der Waals surface area contributed by atoms with Crippen molar-refractivity contribution in [2.75, 3.05) is 20.3 Å². The number of hydrogen-bond donors (Lipinski definition) is 1. The van der Waals surface area contributed by atoms with Crippen molar-refractivity contribution in [1.82, 2.24) is 0 Å². The van der Waals surface area contributed by atoms with Gasteiger partial charge in [-0.2, -0.15) is 0 Å². The number of carbonyl (C=O) groups is 1. The van der Waals surface area contributed by atoms with Gasteiger partial charge in [-0.3, -0.25) is 0 Å². The van der Waals surface area contributed by atoms with E-state index in [2.05, 4.69) is 12.1 Å². The summed E-state index contributed by atoms with van der Waals surface area (Å²) >= 11 is 0. The molecule has 0 spiro atoms. The number of methoxy groups -OCH3 is 1. The van der Waals surface area contributed by atoms with E-state index in [-0.39, 0.29) is 0 Å².